The molecule has 28 heavy (non-hydrogen) atoms. The van der Waals surface area contributed by atoms with E-state index in [1.54, 1.807) is 4.90 Å². The number of rotatable bonds is 4. The fourth-order valence-corrected chi connectivity index (χ4v) is 4.38. The number of carbonyl (C=O) groups is 2. The van der Waals surface area contributed by atoms with Crippen LogP contribution >= 0.6 is 11.3 Å². The summed E-state index contributed by atoms with van der Waals surface area (Å²) in [7, 11) is 1.86. The summed E-state index contributed by atoms with van der Waals surface area (Å²) in [6.07, 6.45) is 1.72. The standard InChI is InChI=1S/C23H30N2O2S/c1-23(2,3)19-11-9-17(10-12-19)15-24(4)21(26)18-7-5-13-25(16-18)22(27)20-8-6-14-28-20/h6,8-12,14,18H,5,7,13,15-16H2,1-4H3. The number of nitrogens with zero attached hydrogens (tertiary/aromatic N) is 2. The van der Waals surface area contributed by atoms with Crippen LogP contribution in [0.25, 0.3) is 0 Å². The molecule has 1 aromatic heterocycles. The maximum absolute atomic E-state index is 13.0. The summed E-state index contributed by atoms with van der Waals surface area (Å²) < 4.78 is 0. The van der Waals surface area contributed by atoms with Gasteiger partial charge in [-0.3, -0.25) is 9.59 Å². The lowest BCUT2D eigenvalue weighted by molar-refractivity contribution is -0.136. The minimum atomic E-state index is -0.114. The number of hydrogen-bond donors (Lipinski definition) is 0. The van der Waals surface area contributed by atoms with Crippen molar-refractivity contribution in [2.45, 2.75) is 45.6 Å². The first-order valence-corrected chi connectivity index (χ1v) is 10.8. The van der Waals surface area contributed by atoms with E-state index < -0.39 is 0 Å². The molecule has 1 aliphatic heterocycles. The van der Waals surface area contributed by atoms with Crippen LogP contribution in [0.5, 0.6) is 0 Å². The Morgan fingerprint density at radius 1 is 1.18 bits per heavy atom. The Morgan fingerprint density at radius 3 is 2.50 bits per heavy atom. The van der Waals surface area contributed by atoms with Gasteiger partial charge in [0.05, 0.1) is 10.8 Å². The Kier molecular flexibility index (Phi) is 6.23. The summed E-state index contributed by atoms with van der Waals surface area (Å²) in [4.78, 5) is 30.0. The van der Waals surface area contributed by atoms with Crippen molar-refractivity contribution < 1.29 is 9.59 Å². The van der Waals surface area contributed by atoms with Gasteiger partial charge in [-0.25, -0.2) is 0 Å². The fraction of sp³-hybridized carbons (Fsp3) is 0.478. The van der Waals surface area contributed by atoms with Crippen LogP contribution in [0, 0.1) is 5.92 Å². The van der Waals surface area contributed by atoms with Crippen LogP contribution in [0.4, 0.5) is 0 Å². The molecule has 1 unspecified atom stereocenters. The number of benzene rings is 1. The molecule has 1 fully saturated rings. The molecule has 3 rings (SSSR count). The van der Waals surface area contributed by atoms with Crippen LogP contribution in [0.15, 0.2) is 41.8 Å². The zero-order valence-corrected chi connectivity index (χ0v) is 18.1. The minimum absolute atomic E-state index is 0.0490. The van der Waals surface area contributed by atoms with Gasteiger partial charge in [0.2, 0.25) is 5.91 Å². The van der Waals surface area contributed by atoms with Gasteiger partial charge in [-0.15, -0.1) is 11.3 Å². The van der Waals surface area contributed by atoms with Gasteiger partial charge < -0.3 is 9.80 Å². The van der Waals surface area contributed by atoms with E-state index >= 15 is 0 Å². The predicted molar refractivity (Wildman–Crippen MR) is 115 cm³/mol. The van der Waals surface area contributed by atoms with Crippen molar-refractivity contribution in [2.75, 3.05) is 20.1 Å². The van der Waals surface area contributed by atoms with E-state index in [0.29, 0.717) is 13.1 Å². The highest BCUT2D eigenvalue weighted by atomic mass is 32.1. The Balaban J connectivity index is 1.60. The number of thiophene rings is 1. The molecule has 1 aromatic carbocycles. The summed E-state index contributed by atoms with van der Waals surface area (Å²) >= 11 is 1.46. The van der Waals surface area contributed by atoms with Crippen molar-refractivity contribution in [3.63, 3.8) is 0 Å². The molecule has 4 nitrogen and oxygen atoms in total. The molecule has 2 amide bonds. The molecule has 150 valence electrons. The van der Waals surface area contributed by atoms with Crippen LogP contribution in [0.2, 0.25) is 0 Å². The molecule has 0 saturated carbocycles. The average molecular weight is 399 g/mol. The summed E-state index contributed by atoms with van der Waals surface area (Å²) in [5.74, 6) is 0.0630. The Bertz CT molecular complexity index is 806. The van der Waals surface area contributed by atoms with Crippen molar-refractivity contribution in [2.24, 2.45) is 5.92 Å². The average Bonchev–Trinajstić information content (AvgIpc) is 3.21. The van der Waals surface area contributed by atoms with E-state index in [4.69, 9.17) is 0 Å². The highest BCUT2D eigenvalue weighted by Gasteiger charge is 2.30. The van der Waals surface area contributed by atoms with Crippen LogP contribution < -0.4 is 0 Å². The molecular formula is C23H30N2O2S. The van der Waals surface area contributed by atoms with Crippen molar-refractivity contribution >= 4 is 23.2 Å². The molecule has 0 spiro atoms. The van der Waals surface area contributed by atoms with Crippen LogP contribution in [0.1, 0.15) is 54.4 Å². The first-order valence-electron chi connectivity index (χ1n) is 9.93. The first-order chi connectivity index (χ1) is 13.3. The second-order valence-electron chi connectivity index (χ2n) is 8.71. The van der Waals surface area contributed by atoms with E-state index in [1.807, 2.05) is 29.5 Å². The Morgan fingerprint density at radius 2 is 1.89 bits per heavy atom. The van der Waals surface area contributed by atoms with Crippen molar-refractivity contribution in [1.29, 1.82) is 0 Å². The van der Waals surface area contributed by atoms with Gasteiger partial charge >= 0.3 is 0 Å². The zero-order valence-electron chi connectivity index (χ0n) is 17.3. The molecule has 0 radical (unpaired) electrons. The number of hydrogen-bond acceptors (Lipinski definition) is 3. The monoisotopic (exact) mass is 398 g/mol. The summed E-state index contributed by atoms with van der Waals surface area (Å²) in [5.41, 5.74) is 2.55. The highest BCUT2D eigenvalue weighted by Crippen LogP contribution is 2.24. The largest absolute Gasteiger partial charge is 0.341 e. The predicted octanol–water partition coefficient (Wildman–Crippen LogP) is 4.56. The molecule has 1 atom stereocenters. The quantitative estimate of drug-likeness (QED) is 0.758. The van der Waals surface area contributed by atoms with Gasteiger partial charge in [-0.05, 0) is 40.8 Å². The second-order valence-corrected chi connectivity index (χ2v) is 9.66. The number of carbonyl (C=O) groups excluding carboxylic acids is 2. The lowest BCUT2D eigenvalue weighted by atomic mass is 9.87. The van der Waals surface area contributed by atoms with Gasteiger partial charge in [0.25, 0.3) is 5.91 Å². The van der Waals surface area contributed by atoms with Crippen LogP contribution in [0.3, 0.4) is 0 Å². The normalized spacial score (nSPS) is 17.4. The Labute approximate surface area is 172 Å². The minimum Gasteiger partial charge on any atom is -0.341 e. The van der Waals surface area contributed by atoms with E-state index in [0.717, 1.165) is 29.8 Å². The molecule has 1 aliphatic rings. The highest BCUT2D eigenvalue weighted by molar-refractivity contribution is 7.12. The molecule has 0 aliphatic carbocycles. The first kappa shape index (κ1) is 20.6. The number of likely N-dealkylation sites (tertiary alicyclic amines) is 1. The molecular weight excluding hydrogens is 368 g/mol. The lowest BCUT2D eigenvalue weighted by Gasteiger charge is -2.34. The molecule has 2 aromatic rings. The third kappa shape index (κ3) is 4.82. The molecule has 5 heteroatoms. The molecule has 2 heterocycles. The van der Waals surface area contributed by atoms with E-state index in [9.17, 15) is 9.59 Å². The summed E-state index contributed by atoms with van der Waals surface area (Å²) in [6.45, 7) is 8.44. The van der Waals surface area contributed by atoms with Gasteiger partial charge in [0, 0.05) is 26.7 Å². The van der Waals surface area contributed by atoms with Crippen LogP contribution in [-0.4, -0.2) is 41.8 Å². The molecule has 0 N–H and O–H groups in total. The van der Waals surface area contributed by atoms with E-state index in [1.165, 1.54) is 16.9 Å². The number of piperidine rings is 1. The maximum atomic E-state index is 13.0. The summed E-state index contributed by atoms with van der Waals surface area (Å²) in [6, 6.07) is 12.3. The second kappa shape index (κ2) is 8.48. The summed E-state index contributed by atoms with van der Waals surface area (Å²) in [5, 5.41) is 1.92. The zero-order chi connectivity index (χ0) is 20.3. The van der Waals surface area contributed by atoms with Crippen molar-refractivity contribution in [3.8, 4) is 0 Å². The van der Waals surface area contributed by atoms with E-state index in [2.05, 4.69) is 45.0 Å². The van der Waals surface area contributed by atoms with Gasteiger partial charge in [-0.1, -0.05) is 51.1 Å². The molecule has 0 bridgehead atoms. The fourth-order valence-electron chi connectivity index (χ4n) is 3.69. The van der Waals surface area contributed by atoms with Crippen molar-refractivity contribution in [3.05, 3.63) is 57.8 Å². The van der Waals surface area contributed by atoms with E-state index in [-0.39, 0.29) is 23.1 Å². The smallest absolute Gasteiger partial charge is 0.263 e. The van der Waals surface area contributed by atoms with Gasteiger partial charge in [0.1, 0.15) is 0 Å². The van der Waals surface area contributed by atoms with Crippen molar-refractivity contribution in [1.82, 2.24) is 9.80 Å². The third-order valence-corrected chi connectivity index (χ3v) is 6.26. The number of amides is 2. The molecule has 1 saturated heterocycles. The topological polar surface area (TPSA) is 40.6 Å². The van der Waals surface area contributed by atoms with Gasteiger partial charge in [-0.2, -0.15) is 0 Å². The third-order valence-electron chi connectivity index (χ3n) is 5.41. The maximum Gasteiger partial charge on any atom is 0.263 e. The van der Waals surface area contributed by atoms with Crippen LogP contribution in [-0.2, 0) is 16.8 Å². The SMILES string of the molecule is CN(Cc1ccc(C(C)(C)C)cc1)C(=O)C1CCCN(C(=O)c2cccs2)C1. The van der Waals surface area contributed by atoms with Gasteiger partial charge in [0.15, 0.2) is 0 Å². The Hall–Kier alpha value is -2.14. The lowest BCUT2D eigenvalue weighted by Crippen LogP contribution is -2.45.